The molecule has 0 saturated heterocycles. The third kappa shape index (κ3) is 4.33. The first-order valence-corrected chi connectivity index (χ1v) is 7.13. The Morgan fingerprint density at radius 3 is 2.89 bits per heavy atom. The van der Waals surface area contributed by atoms with E-state index in [0.717, 1.165) is 29.4 Å². The smallest absolute Gasteiger partial charge is 0.149 e. The van der Waals surface area contributed by atoms with Crippen molar-refractivity contribution < 1.29 is 4.39 Å². The van der Waals surface area contributed by atoms with Gasteiger partial charge < -0.3 is 5.32 Å². The highest BCUT2D eigenvalue weighted by Crippen LogP contribution is 2.23. The number of nitrogens with one attached hydrogen (secondary N) is 1. The van der Waals surface area contributed by atoms with E-state index in [9.17, 15) is 4.39 Å². The molecule has 1 N–H and O–H groups in total. The van der Waals surface area contributed by atoms with Crippen LogP contribution in [0.25, 0.3) is 10.6 Å². The third-order valence-electron chi connectivity index (χ3n) is 2.54. The number of nitrogens with zero attached hydrogens (tertiary/aromatic N) is 3. The molecule has 0 amide bonds. The highest BCUT2D eigenvalue weighted by Gasteiger charge is 2.07. The van der Waals surface area contributed by atoms with Gasteiger partial charge in [-0.25, -0.2) is 4.39 Å². The summed E-state index contributed by atoms with van der Waals surface area (Å²) in [5, 5.41) is 13.3. The quantitative estimate of drug-likeness (QED) is 0.827. The Balaban J connectivity index is 1.92. The molecule has 102 valence electrons. The van der Waals surface area contributed by atoms with Crippen molar-refractivity contribution in [2.24, 2.45) is 0 Å². The maximum Gasteiger partial charge on any atom is 0.149 e. The summed E-state index contributed by atoms with van der Waals surface area (Å²) in [5.74, 6) is -0.351. The minimum atomic E-state index is -0.351. The van der Waals surface area contributed by atoms with Crippen LogP contribution in [0.4, 0.5) is 4.39 Å². The van der Waals surface area contributed by atoms with Crippen LogP contribution >= 0.6 is 11.3 Å². The van der Waals surface area contributed by atoms with Crippen LogP contribution in [0.2, 0.25) is 0 Å². The highest BCUT2D eigenvalue weighted by atomic mass is 32.1. The van der Waals surface area contributed by atoms with Gasteiger partial charge in [0, 0.05) is 24.2 Å². The zero-order valence-electron chi connectivity index (χ0n) is 11.1. The predicted molar refractivity (Wildman–Crippen MR) is 74.6 cm³/mol. The lowest BCUT2D eigenvalue weighted by atomic mass is 10.3. The van der Waals surface area contributed by atoms with Crippen molar-refractivity contribution in [1.29, 1.82) is 0 Å². The van der Waals surface area contributed by atoms with Gasteiger partial charge in [-0.1, -0.05) is 25.2 Å². The van der Waals surface area contributed by atoms with Crippen molar-refractivity contribution in [2.75, 3.05) is 6.54 Å². The van der Waals surface area contributed by atoms with Gasteiger partial charge in [0.2, 0.25) is 0 Å². The van der Waals surface area contributed by atoms with Crippen LogP contribution in [0.3, 0.4) is 0 Å². The van der Waals surface area contributed by atoms with E-state index in [2.05, 4.69) is 34.3 Å². The molecule has 2 aromatic heterocycles. The molecule has 0 atom stereocenters. The van der Waals surface area contributed by atoms with Gasteiger partial charge in [0.15, 0.2) is 0 Å². The zero-order chi connectivity index (χ0) is 13.7. The van der Waals surface area contributed by atoms with E-state index in [1.54, 1.807) is 6.20 Å². The second-order valence-corrected chi connectivity index (χ2v) is 5.67. The summed E-state index contributed by atoms with van der Waals surface area (Å²) in [4.78, 5) is 3.82. The van der Waals surface area contributed by atoms with E-state index in [0.29, 0.717) is 11.6 Å². The van der Waals surface area contributed by atoms with Gasteiger partial charge in [-0.3, -0.25) is 4.98 Å². The van der Waals surface area contributed by atoms with Crippen LogP contribution in [0.5, 0.6) is 0 Å². The van der Waals surface area contributed by atoms with E-state index < -0.39 is 0 Å². The molecule has 0 radical (unpaired) electrons. The van der Waals surface area contributed by atoms with Gasteiger partial charge in [0.1, 0.15) is 15.8 Å². The highest BCUT2D eigenvalue weighted by molar-refractivity contribution is 7.14. The number of aromatic nitrogens is 3. The molecule has 0 fully saturated rings. The average molecular weight is 280 g/mol. The third-order valence-corrected chi connectivity index (χ3v) is 3.57. The molecule has 4 nitrogen and oxygen atoms in total. The van der Waals surface area contributed by atoms with Gasteiger partial charge in [-0.2, -0.15) is 0 Å². The summed E-state index contributed by atoms with van der Waals surface area (Å²) in [6.07, 6.45) is 4.70. The fourth-order valence-corrected chi connectivity index (χ4v) is 2.49. The number of rotatable bonds is 6. The van der Waals surface area contributed by atoms with E-state index in [1.807, 2.05) is 0 Å². The first-order chi connectivity index (χ1) is 9.15. The predicted octanol–water partition coefficient (Wildman–Crippen LogP) is 2.67. The number of aryl methyl sites for hydroxylation is 1. The Morgan fingerprint density at radius 1 is 1.32 bits per heavy atom. The van der Waals surface area contributed by atoms with Gasteiger partial charge in [0.05, 0.1) is 6.20 Å². The van der Waals surface area contributed by atoms with Crippen LogP contribution in [-0.2, 0) is 6.42 Å². The van der Waals surface area contributed by atoms with Crippen LogP contribution in [0.1, 0.15) is 25.3 Å². The summed E-state index contributed by atoms with van der Waals surface area (Å²) in [7, 11) is 0. The number of hydrogen-bond donors (Lipinski definition) is 1. The Labute approximate surface area is 116 Å². The van der Waals surface area contributed by atoms with Crippen molar-refractivity contribution in [1.82, 2.24) is 20.5 Å². The normalized spacial score (nSPS) is 11.2. The summed E-state index contributed by atoms with van der Waals surface area (Å²) in [6.45, 7) is 5.22. The van der Waals surface area contributed by atoms with E-state index >= 15 is 0 Å². The number of hydrogen-bond acceptors (Lipinski definition) is 5. The van der Waals surface area contributed by atoms with Crippen molar-refractivity contribution in [3.05, 3.63) is 29.3 Å². The topological polar surface area (TPSA) is 50.7 Å². The van der Waals surface area contributed by atoms with Crippen molar-refractivity contribution >= 4 is 11.3 Å². The summed E-state index contributed by atoms with van der Waals surface area (Å²) in [5.41, 5.74) is 0.684. The van der Waals surface area contributed by atoms with Gasteiger partial charge >= 0.3 is 0 Å². The van der Waals surface area contributed by atoms with E-state index in [4.69, 9.17) is 0 Å². The molecule has 19 heavy (non-hydrogen) atoms. The lowest BCUT2D eigenvalue weighted by molar-refractivity contribution is 0.569. The van der Waals surface area contributed by atoms with E-state index in [1.165, 1.54) is 23.6 Å². The molecule has 2 rings (SSSR count). The molecule has 0 saturated carbocycles. The zero-order valence-corrected chi connectivity index (χ0v) is 11.9. The summed E-state index contributed by atoms with van der Waals surface area (Å²) < 4.78 is 13.1. The molecule has 2 heterocycles. The second-order valence-electron chi connectivity index (χ2n) is 4.61. The van der Waals surface area contributed by atoms with Crippen molar-refractivity contribution in [3.63, 3.8) is 0 Å². The molecule has 0 aromatic carbocycles. The molecule has 2 aromatic rings. The van der Waals surface area contributed by atoms with Gasteiger partial charge in [-0.05, 0) is 19.0 Å². The molecule has 0 unspecified atom stereocenters. The molecule has 6 heteroatoms. The summed E-state index contributed by atoms with van der Waals surface area (Å²) in [6, 6.07) is 1.93. The standard InChI is InChI=1S/C13H17FN4S/c1-9(2)16-5-3-4-12-17-18-13(19-12)10-6-11(14)8-15-7-10/h6-9,16H,3-5H2,1-2H3. The van der Waals surface area contributed by atoms with Gasteiger partial charge in [0.25, 0.3) is 0 Å². The molecule has 0 spiro atoms. The molecular formula is C13H17FN4S. The van der Waals surface area contributed by atoms with Crippen molar-refractivity contribution in [2.45, 2.75) is 32.7 Å². The first kappa shape index (κ1) is 14.0. The van der Waals surface area contributed by atoms with E-state index in [-0.39, 0.29) is 5.82 Å². The average Bonchev–Trinajstić information content (AvgIpc) is 2.83. The maximum absolute atomic E-state index is 13.1. The lowest BCUT2D eigenvalue weighted by Gasteiger charge is -2.05. The largest absolute Gasteiger partial charge is 0.315 e. The van der Waals surface area contributed by atoms with Crippen LogP contribution < -0.4 is 5.32 Å². The number of pyridine rings is 1. The monoisotopic (exact) mass is 280 g/mol. The fourth-order valence-electron chi connectivity index (χ4n) is 1.63. The van der Waals surface area contributed by atoms with Crippen molar-refractivity contribution in [3.8, 4) is 10.6 Å². The Morgan fingerprint density at radius 2 is 2.16 bits per heavy atom. The molecule has 0 bridgehead atoms. The van der Waals surface area contributed by atoms with Crippen LogP contribution in [-0.4, -0.2) is 27.8 Å². The summed E-state index contributed by atoms with van der Waals surface area (Å²) >= 11 is 1.50. The molecule has 0 aliphatic carbocycles. The second kappa shape index (κ2) is 6.68. The minimum Gasteiger partial charge on any atom is -0.315 e. The molecule has 0 aliphatic rings. The van der Waals surface area contributed by atoms with Crippen LogP contribution in [0, 0.1) is 5.82 Å². The van der Waals surface area contributed by atoms with Crippen LogP contribution in [0.15, 0.2) is 18.5 Å². The SMILES string of the molecule is CC(C)NCCCc1nnc(-c2cncc(F)c2)s1. The molecular weight excluding hydrogens is 263 g/mol. The number of halogens is 1. The minimum absolute atomic E-state index is 0.351. The maximum atomic E-state index is 13.1. The Kier molecular flexibility index (Phi) is 4.93. The Hall–Kier alpha value is -1.40. The molecule has 0 aliphatic heterocycles. The Bertz CT molecular complexity index is 527. The fraction of sp³-hybridized carbons (Fsp3) is 0.462. The van der Waals surface area contributed by atoms with Gasteiger partial charge in [-0.15, -0.1) is 10.2 Å². The first-order valence-electron chi connectivity index (χ1n) is 6.32. The lowest BCUT2D eigenvalue weighted by Crippen LogP contribution is -2.23.